The molecule has 1 rings (SSSR count). The molecule has 0 radical (unpaired) electrons. The van der Waals surface area contributed by atoms with Crippen molar-refractivity contribution in [3.63, 3.8) is 0 Å². The lowest BCUT2D eigenvalue weighted by atomic mass is 10.2. The third kappa shape index (κ3) is 7.48. The molecule has 0 aliphatic rings. The molecule has 0 unspecified atom stereocenters. The van der Waals surface area contributed by atoms with Crippen LogP contribution in [0.5, 0.6) is 0 Å². The number of hydrogen-bond donors (Lipinski definition) is 2. The topological polar surface area (TPSA) is 63.8 Å². The zero-order valence-electron chi connectivity index (χ0n) is 12.3. The molecule has 7 heteroatoms. The molecular formula is C12H23F3N4. The van der Waals surface area contributed by atoms with Gasteiger partial charge in [0.2, 0.25) is 5.95 Å². The first-order valence-electron chi connectivity index (χ1n) is 6.27. The highest BCUT2D eigenvalue weighted by Crippen LogP contribution is 2.33. The van der Waals surface area contributed by atoms with Crippen molar-refractivity contribution >= 4 is 11.8 Å². The Morgan fingerprint density at radius 1 is 1.16 bits per heavy atom. The lowest BCUT2D eigenvalue weighted by molar-refractivity contribution is -0.137. The Kier molecular flexibility index (Phi) is 9.80. The number of rotatable bonds is 2. The Morgan fingerprint density at radius 3 is 2.00 bits per heavy atom. The summed E-state index contributed by atoms with van der Waals surface area (Å²) in [5.41, 5.74) is 4.31. The van der Waals surface area contributed by atoms with E-state index in [2.05, 4.69) is 15.3 Å². The number of halogens is 3. The fourth-order valence-corrected chi connectivity index (χ4v) is 0.986. The van der Waals surface area contributed by atoms with Crippen LogP contribution >= 0.6 is 0 Å². The molecular weight excluding hydrogens is 257 g/mol. The van der Waals surface area contributed by atoms with Crippen LogP contribution in [0.1, 0.15) is 47.1 Å². The van der Waals surface area contributed by atoms with Gasteiger partial charge in [-0.25, -0.2) is 4.98 Å². The second-order valence-corrected chi connectivity index (χ2v) is 3.29. The molecule has 0 amide bonds. The van der Waals surface area contributed by atoms with Crippen molar-refractivity contribution in [3.8, 4) is 0 Å². The van der Waals surface area contributed by atoms with Crippen LogP contribution in [0, 0.1) is 0 Å². The van der Waals surface area contributed by atoms with E-state index in [4.69, 9.17) is 5.73 Å². The van der Waals surface area contributed by atoms with Gasteiger partial charge in [0.15, 0.2) is 0 Å². The summed E-state index contributed by atoms with van der Waals surface area (Å²) in [5, 5.41) is 2.57. The summed E-state index contributed by atoms with van der Waals surface area (Å²) in [6.45, 7) is 11.4. The summed E-state index contributed by atoms with van der Waals surface area (Å²) in [7, 11) is 0. The van der Waals surface area contributed by atoms with E-state index in [0.29, 0.717) is 6.20 Å². The van der Waals surface area contributed by atoms with Gasteiger partial charge in [0.25, 0.3) is 0 Å². The molecule has 0 saturated carbocycles. The Bertz CT molecular complexity index is 351. The molecule has 0 spiro atoms. The average Bonchev–Trinajstić information content (AvgIpc) is 2.32. The highest BCUT2D eigenvalue weighted by molar-refractivity contribution is 5.48. The first-order chi connectivity index (χ1) is 8.80. The van der Waals surface area contributed by atoms with E-state index in [1.807, 2.05) is 27.7 Å². The smallest absolute Gasteiger partial charge is 0.368 e. The Morgan fingerprint density at radius 2 is 1.63 bits per heavy atom. The first-order valence-corrected chi connectivity index (χ1v) is 6.27. The number of aromatic nitrogens is 2. The number of nitrogen functional groups attached to an aromatic ring is 1. The average molecular weight is 280 g/mol. The van der Waals surface area contributed by atoms with Crippen molar-refractivity contribution in [3.05, 3.63) is 11.8 Å². The molecule has 112 valence electrons. The van der Waals surface area contributed by atoms with E-state index in [-0.39, 0.29) is 17.8 Å². The summed E-state index contributed by atoms with van der Waals surface area (Å²) in [5.74, 6) is -0.476. The van der Waals surface area contributed by atoms with Crippen molar-refractivity contribution in [2.24, 2.45) is 0 Å². The second-order valence-electron chi connectivity index (χ2n) is 3.29. The second kappa shape index (κ2) is 9.41. The Hall–Kier alpha value is -1.53. The van der Waals surface area contributed by atoms with Crippen molar-refractivity contribution in [2.45, 2.75) is 53.8 Å². The van der Waals surface area contributed by atoms with Crippen LogP contribution in [0.4, 0.5) is 24.9 Å². The van der Waals surface area contributed by atoms with Crippen LogP contribution in [0.25, 0.3) is 0 Å². The summed E-state index contributed by atoms with van der Waals surface area (Å²) < 4.78 is 37.4. The largest absolute Gasteiger partial charge is 0.421 e. The van der Waals surface area contributed by atoms with Gasteiger partial charge in [0.1, 0.15) is 11.4 Å². The van der Waals surface area contributed by atoms with Crippen LogP contribution in [-0.2, 0) is 6.18 Å². The summed E-state index contributed by atoms with van der Waals surface area (Å²) >= 11 is 0. The standard InChI is InChI=1S/C8H11F3N4.2C2H6/c1-4(2)14-6-5(8(9,10)11)3-13-7(12)15-6;2*1-2/h3-4H,1-2H3,(H3,12,13,14,15);2*1-2H3. The zero-order valence-corrected chi connectivity index (χ0v) is 12.3. The van der Waals surface area contributed by atoms with Gasteiger partial charge in [-0.05, 0) is 13.8 Å². The number of hydrogen-bond acceptors (Lipinski definition) is 4. The molecule has 4 nitrogen and oxygen atoms in total. The van der Waals surface area contributed by atoms with Crippen molar-refractivity contribution in [1.82, 2.24) is 9.97 Å². The third-order valence-corrected chi connectivity index (χ3v) is 1.54. The molecule has 3 N–H and O–H groups in total. The Labute approximate surface area is 112 Å². The van der Waals surface area contributed by atoms with E-state index in [0.717, 1.165) is 0 Å². The van der Waals surface area contributed by atoms with Crippen molar-refractivity contribution in [1.29, 1.82) is 0 Å². The van der Waals surface area contributed by atoms with E-state index >= 15 is 0 Å². The number of anilines is 2. The van der Waals surface area contributed by atoms with Gasteiger partial charge in [-0.15, -0.1) is 0 Å². The lowest BCUT2D eigenvalue weighted by Crippen LogP contribution is -2.18. The zero-order chi connectivity index (χ0) is 15.6. The van der Waals surface area contributed by atoms with Crippen LogP contribution in [0.2, 0.25) is 0 Å². The monoisotopic (exact) mass is 280 g/mol. The molecule has 0 aliphatic carbocycles. The molecule has 0 aromatic carbocycles. The molecule has 1 aromatic rings. The number of nitrogens with two attached hydrogens (primary N) is 1. The highest BCUT2D eigenvalue weighted by Gasteiger charge is 2.35. The van der Waals surface area contributed by atoms with Gasteiger partial charge in [0, 0.05) is 12.2 Å². The fraction of sp³-hybridized carbons (Fsp3) is 0.667. The molecule has 0 atom stereocenters. The maximum absolute atomic E-state index is 12.5. The molecule has 0 fully saturated rings. The summed E-state index contributed by atoms with van der Waals surface area (Å²) in [6.07, 6.45) is -3.81. The minimum Gasteiger partial charge on any atom is -0.368 e. The molecule has 0 bridgehead atoms. The Balaban J connectivity index is 0. The van der Waals surface area contributed by atoms with Gasteiger partial charge in [-0.2, -0.15) is 18.2 Å². The molecule has 0 aliphatic heterocycles. The van der Waals surface area contributed by atoms with E-state index in [9.17, 15) is 13.2 Å². The van der Waals surface area contributed by atoms with Crippen LogP contribution in [0.3, 0.4) is 0 Å². The molecule has 19 heavy (non-hydrogen) atoms. The summed E-state index contributed by atoms with van der Waals surface area (Å²) in [4.78, 5) is 6.84. The van der Waals surface area contributed by atoms with Gasteiger partial charge in [0.05, 0.1) is 0 Å². The lowest BCUT2D eigenvalue weighted by Gasteiger charge is -2.15. The first kappa shape index (κ1) is 19.8. The van der Waals surface area contributed by atoms with E-state index in [1.54, 1.807) is 13.8 Å². The number of nitrogens with one attached hydrogen (secondary N) is 1. The van der Waals surface area contributed by atoms with Gasteiger partial charge in [-0.1, -0.05) is 27.7 Å². The third-order valence-electron chi connectivity index (χ3n) is 1.54. The number of alkyl halides is 3. The van der Waals surface area contributed by atoms with Crippen molar-refractivity contribution < 1.29 is 13.2 Å². The SMILES string of the molecule is CC.CC.CC(C)Nc1nc(N)ncc1C(F)(F)F. The predicted octanol–water partition coefficient (Wildman–Crippen LogP) is 3.95. The molecule has 1 aromatic heterocycles. The normalized spacial score (nSPS) is 10.0. The maximum Gasteiger partial charge on any atom is 0.421 e. The van der Waals surface area contributed by atoms with Crippen LogP contribution in [0.15, 0.2) is 6.20 Å². The maximum atomic E-state index is 12.5. The van der Waals surface area contributed by atoms with Crippen molar-refractivity contribution in [2.75, 3.05) is 11.1 Å². The number of nitrogens with zero attached hydrogens (tertiary/aromatic N) is 2. The van der Waals surface area contributed by atoms with Gasteiger partial charge >= 0.3 is 6.18 Å². The minimum atomic E-state index is -4.48. The van der Waals surface area contributed by atoms with Crippen LogP contribution < -0.4 is 11.1 Å². The fourth-order valence-electron chi connectivity index (χ4n) is 0.986. The van der Waals surface area contributed by atoms with E-state index in [1.165, 1.54) is 0 Å². The predicted molar refractivity (Wildman–Crippen MR) is 72.9 cm³/mol. The summed E-state index contributed by atoms with van der Waals surface area (Å²) in [6, 6.07) is -0.166. The quantitative estimate of drug-likeness (QED) is 0.861. The van der Waals surface area contributed by atoms with E-state index < -0.39 is 11.7 Å². The highest BCUT2D eigenvalue weighted by atomic mass is 19.4. The molecule has 1 heterocycles. The van der Waals surface area contributed by atoms with Crippen LogP contribution in [-0.4, -0.2) is 16.0 Å². The van der Waals surface area contributed by atoms with Gasteiger partial charge < -0.3 is 11.1 Å². The molecule has 0 saturated heterocycles. The van der Waals surface area contributed by atoms with Gasteiger partial charge in [-0.3, -0.25) is 0 Å². The minimum absolute atomic E-state index is 0.166.